The largest absolute Gasteiger partial charge is 0.455 e. The Labute approximate surface area is 207 Å². The predicted molar refractivity (Wildman–Crippen MR) is 150 cm³/mol. The maximum atomic E-state index is 6.49. The Bertz CT molecular complexity index is 1980. The Balaban J connectivity index is 1.39. The van der Waals surface area contributed by atoms with Crippen molar-refractivity contribution in [1.82, 2.24) is 0 Å². The first kappa shape index (κ1) is 19.4. The smallest absolute Gasteiger partial charge is 0.143 e. The predicted octanol–water partition coefficient (Wildman–Crippen LogP) is 9.93. The second-order valence-corrected chi connectivity index (χ2v) is 11.2. The Morgan fingerprint density at radius 3 is 2.23 bits per heavy atom. The molecule has 2 heteroatoms. The first-order valence-electron chi connectivity index (χ1n) is 12.1. The molecule has 0 saturated carbocycles. The Kier molecular flexibility index (Phi) is 3.67. The SMILES string of the molecule is CC1(C)c2ccc(-c3ccc4sc5ccccc5c4c3)cc2-c2c1ccc1c2oc2ccccc21. The van der Waals surface area contributed by atoms with Crippen molar-refractivity contribution in [2.75, 3.05) is 0 Å². The summed E-state index contributed by atoms with van der Waals surface area (Å²) in [7, 11) is 0. The van der Waals surface area contributed by atoms with Crippen LogP contribution in [0.15, 0.2) is 101 Å². The van der Waals surface area contributed by atoms with Gasteiger partial charge in [0.2, 0.25) is 0 Å². The van der Waals surface area contributed by atoms with E-state index in [4.69, 9.17) is 4.42 Å². The number of thiophene rings is 1. The molecule has 0 spiro atoms. The minimum atomic E-state index is -0.0656. The topological polar surface area (TPSA) is 13.1 Å². The van der Waals surface area contributed by atoms with Crippen LogP contribution in [0.3, 0.4) is 0 Å². The van der Waals surface area contributed by atoms with Gasteiger partial charge in [0.05, 0.1) is 0 Å². The average Bonchev–Trinajstić information content (AvgIpc) is 3.52. The molecule has 5 aromatic carbocycles. The van der Waals surface area contributed by atoms with Crippen LogP contribution in [0.25, 0.3) is 64.4 Å². The lowest BCUT2D eigenvalue weighted by atomic mass is 9.82. The number of para-hydroxylation sites is 1. The van der Waals surface area contributed by atoms with E-state index >= 15 is 0 Å². The number of fused-ring (bicyclic) bond motifs is 10. The minimum absolute atomic E-state index is 0.0656. The van der Waals surface area contributed by atoms with Crippen molar-refractivity contribution in [2.24, 2.45) is 0 Å². The molecule has 0 saturated heterocycles. The van der Waals surface area contributed by atoms with Crippen molar-refractivity contribution in [3.8, 4) is 22.3 Å². The summed E-state index contributed by atoms with van der Waals surface area (Å²) in [4.78, 5) is 0. The van der Waals surface area contributed by atoms with Gasteiger partial charge in [0.25, 0.3) is 0 Å². The van der Waals surface area contributed by atoms with E-state index in [9.17, 15) is 0 Å². The second kappa shape index (κ2) is 6.62. The number of benzene rings is 5. The Morgan fingerprint density at radius 2 is 1.31 bits per heavy atom. The quantitative estimate of drug-likeness (QED) is 0.235. The maximum Gasteiger partial charge on any atom is 0.143 e. The van der Waals surface area contributed by atoms with Crippen LogP contribution in [0, 0.1) is 0 Å². The highest BCUT2D eigenvalue weighted by Crippen LogP contribution is 2.53. The van der Waals surface area contributed by atoms with Crippen LogP contribution in [0.4, 0.5) is 0 Å². The number of hydrogen-bond donors (Lipinski definition) is 0. The first-order valence-corrected chi connectivity index (χ1v) is 12.9. The van der Waals surface area contributed by atoms with Crippen molar-refractivity contribution in [1.29, 1.82) is 0 Å². The third-order valence-corrected chi connectivity index (χ3v) is 9.04. The molecule has 7 aromatic rings. The fourth-order valence-electron chi connectivity index (χ4n) is 6.10. The summed E-state index contributed by atoms with van der Waals surface area (Å²) in [6, 6.07) is 35.5. The van der Waals surface area contributed by atoms with Crippen LogP contribution in [-0.2, 0) is 5.41 Å². The van der Waals surface area contributed by atoms with Crippen LogP contribution in [0.2, 0.25) is 0 Å². The third-order valence-electron chi connectivity index (χ3n) is 7.89. The van der Waals surface area contributed by atoms with Crippen LogP contribution in [0.5, 0.6) is 0 Å². The van der Waals surface area contributed by atoms with Gasteiger partial charge in [-0.3, -0.25) is 0 Å². The zero-order valence-electron chi connectivity index (χ0n) is 19.6. The van der Waals surface area contributed by atoms with E-state index in [2.05, 4.69) is 105 Å². The number of rotatable bonds is 1. The molecule has 0 radical (unpaired) electrons. The van der Waals surface area contributed by atoms with E-state index in [1.807, 2.05) is 17.4 Å². The summed E-state index contributed by atoms with van der Waals surface area (Å²) < 4.78 is 9.17. The maximum absolute atomic E-state index is 6.49. The summed E-state index contributed by atoms with van der Waals surface area (Å²) in [5.41, 5.74) is 9.65. The van der Waals surface area contributed by atoms with Crippen molar-refractivity contribution < 1.29 is 4.42 Å². The lowest BCUT2D eigenvalue weighted by molar-refractivity contribution is 0.653. The lowest BCUT2D eigenvalue weighted by Crippen LogP contribution is -2.14. The molecule has 0 atom stereocenters. The van der Waals surface area contributed by atoms with Crippen molar-refractivity contribution >= 4 is 53.4 Å². The minimum Gasteiger partial charge on any atom is -0.455 e. The third kappa shape index (κ3) is 2.53. The lowest BCUT2D eigenvalue weighted by Gasteiger charge is -2.21. The summed E-state index contributed by atoms with van der Waals surface area (Å²) in [5, 5.41) is 5.05. The van der Waals surface area contributed by atoms with Crippen LogP contribution in [-0.4, -0.2) is 0 Å². The molecule has 1 aliphatic rings. The molecule has 1 nitrogen and oxygen atoms in total. The van der Waals surface area contributed by atoms with E-state index in [-0.39, 0.29) is 5.41 Å². The molecule has 0 unspecified atom stereocenters. The number of hydrogen-bond acceptors (Lipinski definition) is 2. The molecule has 166 valence electrons. The van der Waals surface area contributed by atoms with E-state index in [1.54, 1.807) is 0 Å². The summed E-state index contributed by atoms with van der Waals surface area (Å²) in [5.74, 6) is 0. The fourth-order valence-corrected chi connectivity index (χ4v) is 7.19. The number of furan rings is 1. The normalized spacial score (nSPS) is 14.2. The fraction of sp³-hybridized carbons (Fsp3) is 0.0909. The molecule has 0 aliphatic heterocycles. The standard InChI is InChI=1S/C33H22OS/c1-33(2)26-14-11-19(20-12-16-30-24(17-20)22-8-4-6-10-29(22)35-30)18-25(26)31-27(33)15-13-23-21-7-3-5-9-28(21)34-32(23)31/h3-18H,1-2H3. The van der Waals surface area contributed by atoms with Crippen molar-refractivity contribution in [2.45, 2.75) is 19.3 Å². The highest BCUT2D eigenvalue weighted by Gasteiger charge is 2.37. The highest BCUT2D eigenvalue weighted by atomic mass is 32.1. The summed E-state index contributed by atoms with van der Waals surface area (Å²) in [6.07, 6.45) is 0. The van der Waals surface area contributed by atoms with E-state index in [1.165, 1.54) is 64.3 Å². The van der Waals surface area contributed by atoms with Crippen LogP contribution >= 0.6 is 11.3 Å². The van der Waals surface area contributed by atoms with Gasteiger partial charge in [-0.15, -0.1) is 11.3 Å². The van der Waals surface area contributed by atoms with Gasteiger partial charge in [0.15, 0.2) is 0 Å². The van der Waals surface area contributed by atoms with Crippen LogP contribution in [0.1, 0.15) is 25.0 Å². The van der Waals surface area contributed by atoms with E-state index in [0.29, 0.717) is 0 Å². The van der Waals surface area contributed by atoms with E-state index in [0.717, 1.165) is 11.2 Å². The molecule has 0 N–H and O–H groups in total. The molecule has 35 heavy (non-hydrogen) atoms. The van der Waals surface area contributed by atoms with Gasteiger partial charge in [-0.25, -0.2) is 0 Å². The zero-order valence-corrected chi connectivity index (χ0v) is 20.4. The summed E-state index contributed by atoms with van der Waals surface area (Å²) >= 11 is 1.87. The van der Waals surface area contributed by atoms with E-state index < -0.39 is 0 Å². The van der Waals surface area contributed by atoms with Gasteiger partial charge < -0.3 is 4.42 Å². The molecule has 2 heterocycles. The Morgan fingerprint density at radius 1 is 0.600 bits per heavy atom. The van der Waals surface area contributed by atoms with Gasteiger partial charge in [0, 0.05) is 41.9 Å². The van der Waals surface area contributed by atoms with Gasteiger partial charge in [-0.05, 0) is 58.1 Å². The Hall–Kier alpha value is -3.88. The van der Waals surface area contributed by atoms with Gasteiger partial charge in [-0.1, -0.05) is 80.6 Å². The monoisotopic (exact) mass is 466 g/mol. The molecular weight excluding hydrogens is 444 g/mol. The molecular formula is C33H22OS. The second-order valence-electron chi connectivity index (χ2n) is 10.2. The van der Waals surface area contributed by atoms with Crippen molar-refractivity contribution in [3.63, 3.8) is 0 Å². The molecule has 2 aromatic heterocycles. The summed E-state index contributed by atoms with van der Waals surface area (Å²) in [6.45, 7) is 4.66. The molecule has 1 aliphatic carbocycles. The van der Waals surface area contributed by atoms with Gasteiger partial charge >= 0.3 is 0 Å². The van der Waals surface area contributed by atoms with Gasteiger partial charge in [-0.2, -0.15) is 0 Å². The average molecular weight is 467 g/mol. The molecule has 0 amide bonds. The van der Waals surface area contributed by atoms with Crippen molar-refractivity contribution in [3.05, 3.63) is 108 Å². The van der Waals surface area contributed by atoms with Crippen LogP contribution < -0.4 is 0 Å². The molecule has 0 fully saturated rings. The molecule has 8 rings (SSSR count). The highest BCUT2D eigenvalue weighted by molar-refractivity contribution is 7.25. The first-order chi connectivity index (χ1) is 17.1. The molecule has 0 bridgehead atoms. The van der Waals surface area contributed by atoms with Gasteiger partial charge in [0.1, 0.15) is 11.2 Å². The zero-order chi connectivity index (χ0) is 23.3.